The topological polar surface area (TPSA) is 26.0 Å². The quantitative estimate of drug-likeness (QED) is 0.878. The van der Waals surface area contributed by atoms with Gasteiger partial charge in [0.25, 0.3) is 0 Å². The monoisotopic (exact) mass is 317 g/mol. The van der Waals surface area contributed by atoms with Gasteiger partial charge in [0.15, 0.2) is 0 Å². The lowest BCUT2D eigenvalue weighted by Gasteiger charge is -2.16. The first-order valence-electron chi connectivity index (χ1n) is 6.55. The Labute approximate surface area is 124 Å². The molecular weight excluding hydrogens is 298 g/mol. The van der Waals surface area contributed by atoms with Gasteiger partial charge in [-0.05, 0) is 67.1 Å². The number of aryl methyl sites for hydroxylation is 3. The Balaban J connectivity index is 2.22. The van der Waals surface area contributed by atoms with E-state index in [1.807, 2.05) is 0 Å². The van der Waals surface area contributed by atoms with Gasteiger partial charge in [-0.3, -0.25) is 0 Å². The maximum absolute atomic E-state index is 6.36. The summed E-state index contributed by atoms with van der Waals surface area (Å²) in [5.74, 6) is 0. The average molecular weight is 318 g/mol. The number of benzene rings is 2. The first-order chi connectivity index (χ1) is 8.97. The predicted octanol–water partition coefficient (Wildman–Crippen LogP) is 4.62. The van der Waals surface area contributed by atoms with Crippen molar-refractivity contribution in [2.45, 2.75) is 33.2 Å². The van der Waals surface area contributed by atoms with Crippen LogP contribution in [0.1, 0.15) is 33.9 Å². The van der Waals surface area contributed by atoms with Crippen molar-refractivity contribution in [3.05, 3.63) is 68.7 Å². The summed E-state index contributed by atoms with van der Waals surface area (Å²) in [5.41, 5.74) is 12.8. The normalized spacial score (nSPS) is 12.5. The van der Waals surface area contributed by atoms with Gasteiger partial charge in [-0.2, -0.15) is 0 Å². The van der Waals surface area contributed by atoms with Crippen molar-refractivity contribution in [1.82, 2.24) is 0 Å². The van der Waals surface area contributed by atoms with Crippen molar-refractivity contribution < 1.29 is 0 Å². The Morgan fingerprint density at radius 3 is 2.32 bits per heavy atom. The highest BCUT2D eigenvalue weighted by Crippen LogP contribution is 2.24. The standard InChI is InChI=1S/C17H20BrN/c1-11-4-6-14(8-13(11)3)9-17(19)16-10-15(18)7-5-12(16)2/h4-8,10,17H,9,19H2,1-3H3. The molecule has 0 aliphatic heterocycles. The maximum atomic E-state index is 6.36. The Hall–Kier alpha value is -1.12. The fourth-order valence-electron chi connectivity index (χ4n) is 2.31. The fraction of sp³-hybridized carbons (Fsp3) is 0.294. The van der Waals surface area contributed by atoms with Crippen LogP contribution in [0.2, 0.25) is 0 Å². The van der Waals surface area contributed by atoms with Crippen molar-refractivity contribution in [2.75, 3.05) is 0 Å². The van der Waals surface area contributed by atoms with Crippen LogP contribution in [0, 0.1) is 20.8 Å². The molecular formula is C17H20BrN. The SMILES string of the molecule is Cc1ccc(CC(N)c2cc(Br)ccc2C)cc1C. The molecule has 100 valence electrons. The molecule has 0 radical (unpaired) electrons. The number of hydrogen-bond donors (Lipinski definition) is 1. The summed E-state index contributed by atoms with van der Waals surface area (Å²) in [6, 6.07) is 12.9. The van der Waals surface area contributed by atoms with E-state index in [0.29, 0.717) is 0 Å². The highest BCUT2D eigenvalue weighted by atomic mass is 79.9. The van der Waals surface area contributed by atoms with Gasteiger partial charge in [-0.1, -0.05) is 40.2 Å². The number of hydrogen-bond acceptors (Lipinski definition) is 1. The molecule has 2 heteroatoms. The minimum Gasteiger partial charge on any atom is -0.324 e. The Morgan fingerprint density at radius 1 is 0.947 bits per heavy atom. The van der Waals surface area contributed by atoms with Gasteiger partial charge in [0, 0.05) is 10.5 Å². The highest BCUT2D eigenvalue weighted by Gasteiger charge is 2.10. The van der Waals surface area contributed by atoms with Crippen molar-refractivity contribution in [1.29, 1.82) is 0 Å². The Morgan fingerprint density at radius 2 is 1.63 bits per heavy atom. The van der Waals surface area contributed by atoms with E-state index in [-0.39, 0.29) is 6.04 Å². The first-order valence-corrected chi connectivity index (χ1v) is 7.34. The van der Waals surface area contributed by atoms with Crippen LogP contribution in [0.3, 0.4) is 0 Å². The zero-order valence-electron chi connectivity index (χ0n) is 11.7. The molecule has 0 saturated carbocycles. The zero-order chi connectivity index (χ0) is 14.0. The van der Waals surface area contributed by atoms with E-state index in [4.69, 9.17) is 5.73 Å². The molecule has 0 aliphatic rings. The van der Waals surface area contributed by atoms with Gasteiger partial charge >= 0.3 is 0 Å². The van der Waals surface area contributed by atoms with Gasteiger partial charge in [0.2, 0.25) is 0 Å². The van der Waals surface area contributed by atoms with E-state index in [9.17, 15) is 0 Å². The van der Waals surface area contributed by atoms with Crippen LogP contribution >= 0.6 is 15.9 Å². The minimum absolute atomic E-state index is 0.0413. The summed E-state index contributed by atoms with van der Waals surface area (Å²) in [4.78, 5) is 0. The predicted molar refractivity (Wildman–Crippen MR) is 85.4 cm³/mol. The molecule has 2 aromatic carbocycles. The van der Waals surface area contributed by atoms with Crippen LogP contribution in [0.25, 0.3) is 0 Å². The Kier molecular flexibility index (Phi) is 4.43. The lowest BCUT2D eigenvalue weighted by molar-refractivity contribution is 0.715. The molecule has 19 heavy (non-hydrogen) atoms. The minimum atomic E-state index is 0.0413. The molecule has 0 heterocycles. The van der Waals surface area contributed by atoms with E-state index in [1.165, 1.54) is 27.8 Å². The highest BCUT2D eigenvalue weighted by molar-refractivity contribution is 9.10. The van der Waals surface area contributed by atoms with Gasteiger partial charge in [0.1, 0.15) is 0 Å². The first kappa shape index (κ1) is 14.3. The molecule has 0 saturated heterocycles. The van der Waals surface area contributed by atoms with Gasteiger partial charge in [0.05, 0.1) is 0 Å². The third-order valence-electron chi connectivity index (χ3n) is 3.67. The van der Waals surface area contributed by atoms with Crippen LogP contribution in [0.5, 0.6) is 0 Å². The third-order valence-corrected chi connectivity index (χ3v) is 4.16. The second-order valence-corrected chi connectivity index (χ2v) is 6.15. The zero-order valence-corrected chi connectivity index (χ0v) is 13.3. The van der Waals surface area contributed by atoms with Crippen LogP contribution in [-0.2, 0) is 6.42 Å². The molecule has 0 bridgehead atoms. The lowest BCUT2D eigenvalue weighted by atomic mass is 9.95. The van der Waals surface area contributed by atoms with E-state index in [2.05, 4.69) is 73.1 Å². The second kappa shape index (κ2) is 5.89. The molecule has 2 aromatic rings. The van der Waals surface area contributed by atoms with E-state index in [1.54, 1.807) is 0 Å². The van der Waals surface area contributed by atoms with Crippen molar-refractivity contribution >= 4 is 15.9 Å². The van der Waals surface area contributed by atoms with E-state index < -0.39 is 0 Å². The molecule has 1 nitrogen and oxygen atoms in total. The fourth-order valence-corrected chi connectivity index (χ4v) is 2.68. The second-order valence-electron chi connectivity index (χ2n) is 5.23. The molecule has 2 rings (SSSR count). The summed E-state index contributed by atoms with van der Waals surface area (Å²) >= 11 is 3.52. The average Bonchev–Trinajstić information content (AvgIpc) is 2.36. The molecule has 0 fully saturated rings. The summed E-state index contributed by atoms with van der Waals surface area (Å²) in [6.45, 7) is 6.40. The van der Waals surface area contributed by atoms with Crippen molar-refractivity contribution in [2.24, 2.45) is 5.73 Å². The summed E-state index contributed by atoms with van der Waals surface area (Å²) in [7, 11) is 0. The summed E-state index contributed by atoms with van der Waals surface area (Å²) in [5, 5.41) is 0. The van der Waals surface area contributed by atoms with Crippen LogP contribution in [-0.4, -0.2) is 0 Å². The smallest absolute Gasteiger partial charge is 0.0338 e. The molecule has 0 aromatic heterocycles. The number of rotatable bonds is 3. The lowest BCUT2D eigenvalue weighted by Crippen LogP contribution is -2.14. The van der Waals surface area contributed by atoms with E-state index in [0.717, 1.165) is 10.9 Å². The van der Waals surface area contributed by atoms with Crippen molar-refractivity contribution in [3.63, 3.8) is 0 Å². The third kappa shape index (κ3) is 3.46. The van der Waals surface area contributed by atoms with Crippen LogP contribution in [0.4, 0.5) is 0 Å². The van der Waals surface area contributed by atoms with Crippen LogP contribution < -0.4 is 5.73 Å². The van der Waals surface area contributed by atoms with Gasteiger partial charge in [-0.25, -0.2) is 0 Å². The molecule has 1 unspecified atom stereocenters. The summed E-state index contributed by atoms with van der Waals surface area (Å²) < 4.78 is 1.09. The number of halogens is 1. The van der Waals surface area contributed by atoms with Gasteiger partial charge < -0.3 is 5.73 Å². The van der Waals surface area contributed by atoms with E-state index >= 15 is 0 Å². The largest absolute Gasteiger partial charge is 0.324 e. The molecule has 1 atom stereocenters. The summed E-state index contributed by atoms with van der Waals surface area (Å²) in [6.07, 6.45) is 0.873. The molecule has 2 N–H and O–H groups in total. The maximum Gasteiger partial charge on any atom is 0.0338 e. The Bertz CT molecular complexity index is 590. The number of nitrogens with two attached hydrogens (primary N) is 1. The molecule has 0 amide bonds. The van der Waals surface area contributed by atoms with Crippen molar-refractivity contribution in [3.8, 4) is 0 Å². The molecule has 0 aliphatic carbocycles. The van der Waals surface area contributed by atoms with Crippen LogP contribution in [0.15, 0.2) is 40.9 Å². The van der Waals surface area contributed by atoms with Gasteiger partial charge in [-0.15, -0.1) is 0 Å². The molecule has 0 spiro atoms.